The van der Waals surface area contributed by atoms with Crippen LogP contribution < -0.4 is 15.4 Å². The van der Waals surface area contributed by atoms with Gasteiger partial charge in [-0.15, -0.1) is 24.0 Å². The summed E-state index contributed by atoms with van der Waals surface area (Å²) in [6.45, 7) is 5.72. The van der Waals surface area contributed by atoms with Crippen LogP contribution in [0.25, 0.3) is 10.8 Å². The number of nitrogens with zero attached hydrogens (tertiary/aromatic N) is 1. The Morgan fingerprint density at radius 3 is 2.45 bits per heavy atom. The number of aliphatic imine (C=N–C) groups is 1. The third-order valence-corrected chi connectivity index (χ3v) is 5.28. The molecule has 1 heterocycles. The highest BCUT2D eigenvalue weighted by Crippen LogP contribution is 2.20. The number of hydrogen-bond acceptors (Lipinski definition) is 4. The molecule has 0 unspecified atom stereocenters. The van der Waals surface area contributed by atoms with E-state index in [1.165, 1.54) is 10.8 Å². The maximum atomic E-state index is 5.88. The zero-order valence-electron chi connectivity index (χ0n) is 18.5. The summed E-state index contributed by atoms with van der Waals surface area (Å²) in [7, 11) is 1.79. The monoisotopic (exact) mass is 541 g/mol. The molecule has 31 heavy (non-hydrogen) atoms. The molecule has 2 aromatic carbocycles. The molecular weight excluding hydrogens is 505 g/mol. The highest BCUT2D eigenvalue weighted by molar-refractivity contribution is 14.0. The van der Waals surface area contributed by atoms with Gasteiger partial charge in [0.2, 0.25) is 0 Å². The molecule has 0 saturated carbocycles. The minimum absolute atomic E-state index is 0. The largest absolute Gasteiger partial charge is 0.494 e. The van der Waals surface area contributed by atoms with Crippen LogP contribution in [0.15, 0.2) is 47.5 Å². The van der Waals surface area contributed by atoms with Crippen molar-refractivity contribution in [3.05, 3.63) is 42.5 Å². The Hall–Kier alpha value is -1.58. The fourth-order valence-corrected chi connectivity index (χ4v) is 3.49. The molecule has 0 spiro atoms. The summed E-state index contributed by atoms with van der Waals surface area (Å²) >= 11 is 0. The van der Waals surface area contributed by atoms with Crippen molar-refractivity contribution in [2.75, 3.05) is 53.2 Å². The van der Waals surface area contributed by atoms with E-state index in [-0.39, 0.29) is 24.0 Å². The Kier molecular flexibility index (Phi) is 12.6. The van der Waals surface area contributed by atoms with E-state index < -0.39 is 0 Å². The van der Waals surface area contributed by atoms with Crippen molar-refractivity contribution in [1.82, 2.24) is 10.6 Å². The van der Waals surface area contributed by atoms with Crippen LogP contribution in [0.5, 0.6) is 5.75 Å². The minimum atomic E-state index is 0. The fraction of sp³-hybridized carbons (Fsp3) is 0.542. The molecule has 3 rings (SSSR count). The van der Waals surface area contributed by atoms with Gasteiger partial charge in [0.15, 0.2) is 5.96 Å². The van der Waals surface area contributed by atoms with Gasteiger partial charge in [-0.1, -0.05) is 30.3 Å². The van der Waals surface area contributed by atoms with E-state index in [1.54, 1.807) is 7.05 Å². The Labute approximate surface area is 203 Å². The molecule has 7 heteroatoms. The van der Waals surface area contributed by atoms with Gasteiger partial charge in [-0.2, -0.15) is 0 Å². The number of guanidine groups is 1. The van der Waals surface area contributed by atoms with Crippen molar-refractivity contribution >= 4 is 40.7 Å². The molecule has 1 aliphatic heterocycles. The van der Waals surface area contributed by atoms with E-state index in [0.717, 1.165) is 76.9 Å². The van der Waals surface area contributed by atoms with E-state index in [1.807, 2.05) is 12.1 Å². The fourth-order valence-electron chi connectivity index (χ4n) is 3.49. The molecule has 0 bridgehead atoms. The van der Waals surface area contributed by atoms with Crippen molar-refractivity contribution in [3.8, 4) is 5.75 Å². The maximum absolute atomic E-state index is 5.88. The Morgan fingerprint density at radius 2 is 1.71 bits per heavy atom. The zero-order valence-corrected chi connectivity index (χ0v) is 20.8. The van der Waals surface area contributed by atoms with Crippen LogP contribution >= 0.6 is 24.0 Å². The predicted molar refractivity (Wildman–Crippen MR) is 138 cm³/mol. The lowest BCUT2D eigenvalue weighted by atomic mass is 10.0. The Bertz CT molecular complexity index is 782. The van der Waals surface area contributed by atoms with Crippen LogP contribution in [0.4, 0.5) is 0 Å². The number of hydrogen-bond donors (Lipinski definition) is 2. The number of rotatable bonds is 11. The summed E-state index contributed by atoms with van der Waals surface area (Å²) in [5.74, 6) is 2.40. The van der Waals surface area contributed by atoms with Crippen molar-refractivity contribution in [2.45, 2.75) is 25.7 Å². The molecule has 1 fully saturated rings. The van der Waals surface area contributed by atoms with Gasteiger partial charge in [0.25, 0.3) is 0 Å². The second-order valence-electron chi connectivity index (χ2n) is 7.62. The zero-order chi connectivity index (χ0) is 20.9. The van der Waals surface area contributed by atoms with Crippen LogP contribution in [0.2, 0.25) is 0 Å². The lowest BCUT2D eigenvalue weighted by Gasteiger charge is -2.21. The lowest BCUT2D eigenvalue weighted by molar-refractivity contribution is 0.0203. The van der Waals surface area contributed by atoms with Crippen LogP contribution in [-0.4, -0.2) is 59.1 Å². The van der Waals surface area contributed by atoms with Gasteiger partial charge in [-0.25, -0.2) is 0 Å². The first-order valence-electron chi connectivity index (χ1n) is 11.1. The van der Waals surface area contributed by atoms with Gasteiger partial charge in [0, 0.05) is 46.6 Å². The van der Waals surface area contributed by atoms with E-state index in [2.05, 4.69) is 46.0 Å². The summed E-state index contributed by atoms with van der Waals surface area (Å²) in [5.41, 5.74) is 0. The van der Waals surface area contributed by atoms with Gasteiger partial charge in [-0.3, -0.25) is 4.99 Å². The summed E-state index contributed by atoms with van der Waals surface area (Å²) in [5, 5.41) is 9.10. The number of halogens is 1. The quantitative estimate of drug-likeness (QED) is 0.193. The van der Waals surface area contributed by atoms with Crippen molar-refractivity contribution in [3.63, 3.8) is 0 Å². The molecule has 1 aliphatic rings. The molecule has 0 aromatic heterocycles. The molecule has 0 radical (unpaired) electrons. The van der Waals surface area contributed by atoms with Crippen molar-refractivity contribution in [2.24, 2.45) is 10.9 Å². The number of nitrogens with one attached hydrogen (secondary N) is 2. The number of benzene rings is 2. The molecule has 0 atom stereocenters. The molecule has 0 amide bonds. The van der Waals surface area contributed by atoms with Crippen LogP contribution in [0, 0.1) is 5.92 Å². The van der Waals surface area contributed by atoms with E-state index in [0.29, 0.717) is 12.5 Å². The van der Waals surface area contributed by atoms with Gasteiger partial charge >= 0.3 is 0 Å². The van der Waals surface area contributed by atoms with Gasteiger partial charge < -0.3 is 24.8 Å². The molecule has 2 aromatic rings. The van der Waals surface area contributed by atoms with Gasteiger partial charge in [0.05, 0.1) is 6.61 Å². The molecular formula is C24H36IN3O3. The minimum Gasteiger partial charge on any atom is -0.494 e. The molecule has 172 valence electrons. The normalized spacial score (nSPS) is 14.8. The molecule has 6 nitrogen and oxygen atoms in total. The molecule has 0 aliphatic carbocycles. The number of fused-ring (bicyclic) bond motifs is 1. The van der Waals surface area contributed by atoms with Crippen LogP contribution in [-0.2, 0) is 9.47 Å². The number of ether oxygens (including phenoxy) is 3. The highest BCUT2D eigenvalue weighted by Gasteiger charge is 2.13. The second kappa shape index (κ2) is 15.3. The smallest absolute Gasteiger partial charge is 0.190 e. The topological polar surface area (TPSA) is 64.1 Å². The lowest BCUT2D eigenvalue weighted by Crippen LogP contribution is -2.38. The SMILES string of the molecule is CN=C(NCCCOCC1CCOCC1)NCCCOc1ccc2ccccc2c1.I. The Balaban J connectivity index is 0.00000341. The molecule has 1 saturated heterocycles. The Morgan fingerprint density at radius 1 is 1.00 bits per heavy atom. The standard InChI is InChI=1S/C24H35N3O3.HI/c1-25-24(26-12-4-14-29-19-20-10-16-28-17-11-20)27-13-5-15-30-23-9-8-21-6-2-3-7-22(21)18-23;/h2-3,6-9,18,20H,4-5,10-17,19H2,1H3,(H2,25,26,27);1H. The summed E-state index contributed by atoms with van der Waals surface area (Å²) in [6.07, 6.45) is 4.12. The van der Waals surface area contributed by atoms with Crippen LogP contribution in [0.3, 0.4) is 0 Å². The maximum Gasteiger partial charge on any atom is 0.190 e. The first kappa shape index (κ1) is 25.7. The third-order valence-electron chi connectivity index (χ3n) is 5.28. The second-order valence-corrected chi connectivity index (χ2v) is 7.62. The summed E-state index contributed by atoms with van der Waals surface area (Å²) in [4.78, 5) is 4.27. The predicted octanol–water partition coefficient (Wildman–Crippen LogP) is 4.23. The van der Waals surface area contributed by atoms with Gasteiger partial charge in [-0.05, 0) is 54.5 Å². The third kappa shape index (κ3) is 9.62. The average Bonchev–Trinajstić information content (AvgIpc) is 2.80. The van der Waals surface area contributed by atoms with E-state index in [4.69, 9.17) is 14.2 Å². The summed E-state index contributed by atoms with van der Waals surface area (Å²) in [6, 6.07) is 14.5. The highest BCUT2D eigenvalue weighted by atomic mass is 127. The summed E-state index contributed by atoms with van der Waals surface area (Å²) < 4.78 is 17.1. The van der Waals surface area contributed by atoms with Crippen molar-refractivity contribution in [1.29, 1.82) is 0 Å². The van der Waals surface area contributed by atoms with Crippen LogP contribution in [0.1, 0.15) is 25.7 Å². The first-order valence-corrected chi connectivity index (χ1v) is 11.1. The first-order chi connectivity index (χ1) is 14.8. The van der Waals surface area contributed by atoms with E-state index >= 15 is 0 Å². The average molecular weight is 541 g/mol. The molecule has 2 N–H and O–H groups in total. The van der Waals surface area contributed by atoms with E-state index in [9.17, 15) is 0 Å². The van der Waals surface area contributed by atoms with Gasteiger partial charge in [0.1, 0.15) is 5.75 Å². The van der Waals surface area contributed by atoms with Crippen molar-refractivity contribution < 1.29 is 14.2 Å².